The lowest BCUT2D eigenvalue weighted by Crippen LogP contribution is -2.63. The molecule has 2 amide bonds. The van der Waals surface area contributed by atoms with E-state index in [4.69, 9.17) is 9.47 Å². The van der Waals surface area contributed by atoms with E-state index >= 15 is 0 Å². The number of fused-ring (bicyclic) bond motifs is 1. The molecule has 162 valence electrons. The molecule has 0 saturated carbocycles. The van der Waals surface area contributed by atoms with Crippen LogP contribution in [0.4, 0.5) is 9.59 Å². The molecule has 0 aromatic carbocycles. The lowest BCUT2D eigenvalue weighted by molar-refractivity contribution is 0.00419. The Morgan fingerprint density at radius 2 is 1.67 bits per heavy atom. The molecule has 3 rings (SSSR count). The first-order valence-corrected chi connectivity index (χ1v) is 10.1. The fourth-order valence-electron chi connectivity index (χ4n) is 3.57. The van der Waals surface area contributed by atoms with Gasteiger partial charge < -0.3 is 19.7 Å². The van der Waals surface area contributed by atoms with Crippen molar-refractivity contribution in [3.63, 3.8) is 0 Å². The highest BCUT2D eigenvalue weighted by Crippen LogP contribution is 2.36. The highest BCUT2D eigenvalue weighted by Gasteiger charge is 2.41. The van der Waals surface area contributed by atoms with Crippen molar-refractivity contribution < 1.29 is 19.1 Å². The smallest absolute Gasteiger partial charge is 0.418 e. The van der Waals surface area contributed by atoms with E-state index in [-0.39, 0.29) is 24.1 Å². The number of allylic oxidation sites excluding steroid dienone is 2. The van der Waals surface area contributed by atoms with E-state index in [1.54, 1.807) is 37.9 Å². The number of hydrogen-bond acceptors (Lipinski definition) is 6. The lowest BCUT2D eigenvalue weighted by Gasteiger charge is -2.42. The zero-order valence-electron chi connectivity index (χ0n) is 18.4. The highest BCUT2D eigenvalue weighted by atomic mass is 16.6. The van der Waals surface area contributed by atoms with Crippen LogP contribution in [0.25, 0.3) is 0 Å². The Balaban J connectivity index is 1.63. The SMILES string of the molecule is CC(C)(C)OC(=O)N1CC(NC2C=CC(C#N)=C3C2C=CN3C(=O)OC(C)(C)C)C1. The average molecular weight is 415 g/mol. The Labute approximate surface area is 177 Å². The minimum Gasteiger partial charge on any atom is -0.444 e. The Morgan fingerprint density at radius 1 is 1.07 bits per heavy atom. The van der Waals surface area contributed by atoms with E-state index in [0.29, 0.717) is 24.4 Å². The van der Waals surface area contributed by atoms with Crippen molar-refractivity contribution in [3.8, 4) is 6.07 Å². The maximum Gasteiger partial charge on any atom is 0.418 e. The van der Waals surface area contributed by atoms with Gasteiger partial charge in [-0.25, -0.2) is 9.59 Å². The van der Waals surface area contributed by atoms with Crippen LogP contribution >= 0.6 is 0 Å². The fourth-order valence-corrected chi connectivity index (χ4v) is 3.57. The van der Waals surface area contributed by atoms with Gasteiger partial charge in [-0.3, -0.25) is 4.90 Å². The van der Waals surface area contributed by atoms with Crippen molar-refractivity contribution in [1.82, 2.24) is 15.1 Å². The standard InChI is InChI=1S/C22H30N4O4/c1-21(2,3)29-19(27)25-12-15(13-25)24-17-8-7-14(11-23)18-16(17)9-10-26(18)20(28)30-22(4,5)6/h7-10,15-17,24H,12-13H2,1-6H3. The second-order valence-electron chi connectivity index (χ2n) is 9.76. The largest absolute Gasteiger partial charge is 0.444 e. The molecule has 30 heavy (non-hydrogen) atoms. The second kappa shape index (κ2) is 7.80. The Kier molecular flexibility index (Phi) is 5.70. The zero-order valence-corrected chi connectivity index (χ0v) is 18.4. The molecular formula is C22H30N4O4. The van der Waals surface area contributed by atoms with Gasteiger partial charge in [-0.1, -0.05) is 12.2 Å². The van der Waals surface area contributed by atoms with Crippen LogP contribution in [0.1, 0.15) is 41.5 Å². The summed E-state index contributed by atoms with van der Waals surface area (Å²) in [6, 6.07) is 2.20. The van der Waals surface area contributed by atoms with Crippen LogP contribution < -0.4 is 5.32 Å². The maximum absolute atomic E-state index is 12.6. The second-order valence-corrected chi connectivity index (χ2v) is 9.76. The third kappa shape index (κ3) is 4.85. The molecule has 2 atom stereocenters. The van der Waals surface area contributed by atoms with Crippen LogP contribution in [0.2, 0.25) is 0 Å². The topological polar surface area (TPSA) is 94.9 Å². The predicted molar refractivity (Wildman–Crippen MR) is 111 cm³/mol. The molecule has 0 spiro atoms. The number of nitrogens with one attached hydrogen (secondary N) is 1. The van der Waals surface area contributed by atoms with E-state index in [1.807, 2.05) is 32.9 Å². The van der Waals surface area contributed by atoms with Gasteiger partial charge in [-0.15, -0.1) is 0 Å². The Morgan fingerprint density at radius 3 is 2.23 bits per heavy atom. The molecule has 1 fully saturated rings. The molecule has 0 radical (unpaired) electrons. The van der Waals surface area contributed by atoms with Gasteiger partial charge in [0.15, 0.2) is 0 Å². The highest BCUT2D eigenvalue weighted by molar-refractivity contribution is 5.74. The number of amides is 2. The summed E-state index contributed by atoms with van der Waals surface area (Å²) in [5.41, 5.74) is -0.0854. The molecule has 0 aromatic heterocycles. The van der Waals surface area contributed by atoms with Crippen molar-refractivity contribution in [2.75, 3.05) is 13.1 Å². The van der Waals surface area contributed by atoms with Gasteiger partial charge in [0.2, 0.25) is 0 Å². The molecule has 2 unspecified atom stereocenters. The molecule has 1 aliphatic carbocycles. The third-order valence-corrected chi connectivity index (χ3v) is 4.82. The van der Waals surface area contributed by atoms with E-state index in [2.05, 4.69) is 11.4 Å². The fraction of sp³-hybridized carbons (Fsp3) is 0.591. The van der Waals surface area contributed by atoms with Crippen molar-refractivity contribution in [2.45, 2.75) is 64.8 Å². The maximum atomic E-state index is 12.6. The first-order chi connectivity index (χ1) is 13.9. The van der Waals surface area contributed by atoms with Crippen molar-refractivity contribution in [1.29, 1.82) is 5.26 Å². The number of hydrogen-bond donors (Lipinski definition) is 1. The van der Waals surface area contributed by atoms with Gasteiger partial charge in [0.05, 0.1) is 11.3 Å². The number of carbonyl (C=O) groups excluding carboxylic acids is 2. The molecule has 1 saturated heterocycles. The molecule has 8 heteroatoms. The minimum atomic E-state index is -0.629. The van der Waals surface area contributed by atoms with Crippen LogP contribution in [0.3, 0.4) is 0 Å². The number of likely N-dealkylation sites (tertiary alicyclic amines) is 1. The molecule has 0 aromatic rings. The lowest BCUT2D eigenvalue weighted by atomic mass is 9.88. The van der Waals surface area contributed by atoms with Gasteiger partial charge in [-0.2, -0.15) is 5.26 Å². The van der Waals surface area contributed by atoms with Crippen LogP contribution in [0.5, 0.6) is 0 Å². The first-order valence-electron chi connectivity index (χ1n) is 10.1. The summed E-state index contributed by atoms with van der Waals surface area (Å²) in [5.74, 6) is -0.159. The van der Waals surface area contributed by atoms with E-state index in [1.165, 1.54) is 4.90 Å². The van der Waals surface area contributed by atoms with Crippen LogP contribution in [-0.2, 0) is 9.47 Å². The summed E-state index contributed by atoms with van der Waals surface area (Å²) >= 11 is 0. The van der Waals surface area contributed by atoms with E-state index in [0.717, 1.165) is 0 Å². The number of nitrogens with zero attached hydrogens (tertiary/aromatic N) is 3. The van der Waals surface area contributed by atoms with Crippen molar-refractivity contribution in [3.05, 3.63) is 35.7 Å². The predicted octanol–water partition coefficient (Wildman–Crippen LogP) is 3.29. The van der Waals surface area contributed by atoms with Crippen LogP contribution in [0, 0.1) is 17.2 Å². The van der Waals surface area contributed by atoms with Crippen molar-refractivity contribution >= 4 is 12.2 Å². The number of nitriles is 1. The van der Waals surface area contributed by atoms with Gasteiger partial charge in [-0.05, 0) is 47.6 Å². The van der Waals surface area contributed by atoms with Crippen molar-refractivity contribution in [2.24, 2.45) is 5.92 Å². The van der Waals surface area contributed by atoms with Gasteiger partial charge in [0, 0.05) is 37.3 Å². The summed E-state index contributed by atoms with van der Waals surface area (Å²) in [5, 5.41) is 13.1. The molecule has 2 aliphatic heterocycles. The summed E-state index contributed by atoms with van der Waals surface area (Å²) in [7, 11) is 0. The monoisotopic (exact) mass is 414 g/mol. The number of ether oxygens (including phenoxy) is 2. The minimum absolute atomic E-state index is 0.0911. The van der Waals surface area contributed by atoms with Crippen LogP contribution in [-0.4, -0.2) is 58.4 Å². The summed E-state index contributed by atoms with van der Waals surface area (Å²) < 4.78 is 10.9. The molecule has 2 heterocycles. The molecule has 1 N–H and O–H groups in total. The van der Waals surface area contributed by atoms with Gasteiger partial charge in [0.25, 0.3) is 0 Å². The van der Waals surface area contributed by atoms with Crippen LogP contribution in [0.15, 0.2) is 35.7 Å². The molecule has 0 bridgehead atoms. The Bertz CT molecular complexity index is 848. The number of rotatable bonds is 2. The zero-order chi connectivity index (χ0) is 22.3. The van der Waals surface area contributed by atoms with E-state index < -0.39 is 17.3 Å². The molecule has 8 nitrogen and oxygen atoms in total. The quantitative estimate of drug-likeness (QED) is 0.745. The Hall–Kier alpha value is -2.79. The normalized spacial score (nSPS) is 23.8. The molecular weight excluding hydrogens is 384 g/mol. The first kappa shape index (κ1) is 21.9. The average Bonchev–Trinajstić information content (AvgIpc) is 3.00. The van der Waals surface area contributed by atoms with Gasteiger partial charge >= 0.3 is 12.2 Å². The van der Waals surface area contributed by atoms with E-state index in [9.17, 15) is 14.9 Å². The summed E-state index contributed by atoms with van der Waals surface area (Å²) in [6.07, 6.45) is 6.43. The number of carbonyl (C=O) groups is 2. The third-order valence-electron chi connectivity index (χ3n) is 4.82. The van der Waals surface area contributed by atoms with Gasteiger partial charge in [0.1, 0.15) is 17.3 Å². The summed E-state index contributed by atoms with van der Waals surface area (Å²) in [4.78, 5) is 27.8. The molecule has 3 aliphatic rings. The summed E-state index contributed by atoms with van der Waals surface area (Å²) in [6.45, 7) is 12.1.